The molecular formula is C19H31Cl3N4O2. The lowest BCUT2D eigenvalue weighted by Gasteiger charge is -2.41. The predicted molar refractivity (Wildman–Crippen MR) is 119 cm³/mol. The first-order valence-corrected chi connectivity index (χ1v) is 9.72. The molecular weight excluding hydrogens is 423 g/mol. The van der Waals surface area contributed by atoms with Gasteiger partial charge in [-0.15, -0.1) is 24.8 Å². The number of methoxy groups -OCH3 is 1. The van der Waals surface area contributed by atoms with Gasteiger partial charge in [0.05, 0.1) is 23.4 Å². The third-order valence-electron chi connectivity index (χ3n) is 5.63. The lowest BCUT2D eigenvalue weighted by Crippen LogP contribution is -2.50. The van der Waals surface area contributed by atoms with Crippen molar-refractivity contribution < 1.29 is 9.53 Å². The van der Waals surface area contributed by atoms with Gasteiger partial charge in [-0.1, -0.05) is 11.6 Å². The minimum Gasteiger partial charge on any atom is -0.496 e. The molecule has 0 aliphatic carbocycles. The van der Waals surface area contributed by atoms with Crippen LogP contribution in [0.5, 0.6) is 5.75 Å². The molecule has 6 nitrogen and oxygen atoms in total. The van der Waals surface area contributed by atoms with E-state index in [0.717, 1.165) is 25.9 Å². The van der Waals surface area contributed by atoms with Crippen molar-refractivity contribution in [3.63, 3.8) is 0 Å². The van der Waals surface area contributed by atoms with Crippen molar-refractivity contribution in [2.75, 3.05) is 46.1 Å². The molecule has 0 atom stereocenters. The largest absolute Gasteiger partial charge is 0.496 e. The Bertz CT molecular complexity index is 646. The Morgan fingerprint density at radius 1 is 1.14 bits per heavy atom. The lowest BCUT2D eigenvalue weighted by molar-refractivity contribution is 0.0805. The van der Waals surface area contributed by atoms with E-state index < -0.39 is 0 Å². The summed E-state index contributed by atoms with van der Waals surface area (Å²) in [6.45, 7) is 4.44. The van der Waals surface area contributed by atoms with E-state index in [-0.39, 0.29) is 36.8 Å². The van der Waals surface area contributed by atoms with E-state index in [2.05, 4.69) is 22.2 Å². The van der Waals surface area contributed by atoms with Crippen molar-refractivity contribution in [1.29, 1.82) is 0 Å². The molecule has 160 valence electrons. The summed E-state index contributed by atoms with van der Waals surface area (Å²) in [5, 5.41) is 3.50. The lowest BCUT2D eigenvalue weighted by atomic mass is 9.98. The maximum Gasteiger partial charge on any atom is 0.255 e. The van der Waals surface area contributed by atoms with Gasteiger partial charge in [-0.25, -0.2) is 0 Å². The number of likely N-dealkylation sites (tertiary alicyclic amines) is 2. The molecule has 0 saturated carbocycles. The quantitative estimate of drug-likeness (QED) is 0.686. The van der Waals surface area contributed by atoms with Crippen LogP contribution in [0.15, 0.2) is 12.1 Å². The van der Waals surface area contributed by atoms with Crippen LogP contribution >= 0.6 is 36.4 Å². The number of nitrogens with zero attached hydrogens (tertiary/aromatic N) is 2. The molecule has 0 bridgehead atoms. The normalized spacial score (nSPS) is 19.4. The number of rotatable bonds is 4. The fraction of sp³-hybridized carbons (Fsp3) is 0.632. The molecule has 28 heavy (non-hydrogen) atoms. The first-order valence-electron chi connectivity index (χ1n) is 9.34. The van der Waals surface area contributed by atoms with Crippen molar-refractivity contribution in [3.8, 4) is 5.75 Å². The molecule has 2 saturated heterocycles. The van der Waals surface area contributed by atoms with E-state index in [0.29, 0.717) is 28.1 Å². The second kappa shape index (κ2) is 11.3. The maximum atomic E-state index is 12.7. The van der Waals surface area contributed by atoms with Gasteiger partial charge in [-0.3, -0.25) is 4.79 Å². The number of ether oxygens (including phenoxy) is 1. The third kappa shape index (κ3) is 6.04. The standard InChI is InChI=1S/C19H29ClN4O2.2ClH/c1-23-7-5-14(6-8-23)24-9-3-13(4-10-24)22-19(25)15-11-16(20)17(21)12-18(15)26-2;;/h11-14H,3-10,21H2,1-2H3,(H,22,25);2*1H. The number of benzene rings is 1. The van der Waals surface area contributed by atoms with Crippen LogP contribution in [-0.4, -0.2) is 68.1 Å². The first-order chi connectivity index (χ1) is 12.5. The Morgan fingerprint density at radius 3 is 2.32 bits per heavy atom. The average Bonchev–Trinajstić information content (AvgIpc) is 2.65. The summed E-state index contributed by atoms with van der Waals surface area (Å²) < 4.78 is 5.28. The molecule has 0 aromatic heterocycles. The van der Waals surface area contributed by atoms with Crippen LogP contribution in [0.25, 0.3) is 0 Å². The van der Waals surface area contributed by atoms with Crippen LogP contribution in [0, 0.1) is 0 Å². The molecule has 0 spiro atoms. The number of nitrogens with two attached hydrogens (primary N) is 1. The van der Waals surface area contributed by atoms with Crippen LogP contribution in [0.2, 0.25) is 5.02 Å². The van der Waals surface area contributed by atoms with Crippen molar-refractivity contribution in [2.45, 2.75) is 37.8 Å². The molecule has 2 aliphatic heterocycles. The number of anilines is 1. The molecule has 2 fully saturated rings. The number of hydrogen-bond donors (Lipinski definition) is 2. The number of amides is 1. The second-order valence-corrected chi connectivity index (χ2v) is 7.80. The van der Waals surface area contributed by atoms with Crippen molar-refractivity contribution in [3.05, 3.63) is 22.7 Å². The number of halogens is 3. The van der Waals surface area contributed by atoms with E-state index in [9.17, 15) is 4.79 Å². The zero-order valence-corrected chi connectivity index (χ0v) is 18.8. The van der Waals surface area contributed by atoms with Crippen LogP contribution in [-0.2, 0) is 0 Å². The van der Waals surface area contributed by atoms with Gasteiger partial charge in [0.2, 0.25) is 0 Å². The molecule has 3 N–H and O–H groups in total. The van der Waals surface area contributed by atoms with Crippen molar-refractivity contribution >= 4 is 48.0 Å². The summed E-state index contributed by atoms with van der Waals surface area (Å²) >= 11 is 6.07. The highest BCUT2D eigenvalue weighted by Gasteiger charge is 2.28. The van der Waals surface area contributed by atoms with E-state index in [1.807, 2.05) is 0 Å². The Labute approximate surface area is 184 Å². The van der Waals surface area contributed by atoms with E-state index >= 15 is 0 Å². The summed E-state index contributed by atoms with van der Waals surface area (Å²) in [6.07, 6.45) is 4.44. The number of piperidine rings is 2. The smallest absolute Gasteiger partial charge is 0.255 e. The molecule has 1 aromatic carbocycles. The van der Waals surface area contributed by atoms with Gasteiger partial charge < -0.3 is 25.6 Å². The maximum absolute atomic E-state index is 12.7. The highest BCUT2D eigenvalue weighted by molar-refractivity contribution is 6.33. The summed E-state index contributed by atoms with van der Waals surface area (Å²) in [5.41, 5.74) is 6.64. The Balaban J connectivity index is 0.00000196. The van der Waals surface area contributed by atoms with Gasteiger partial charge in [0, 0.05) is 31.2 Å². The van der Waals surface area contributed by atoms with Gasteiger partial charge in [-0.05, 0) is 51.9 Å². The van der Waals surface area contributed by atoms with Crippen LogP contribution in [0.1, 0.15) is 36.0 Å². The number of nitrogens with one attached hydrogen (secondary N) is 1. The Hall–Kier alpha value is -0.920. The highest BCUT2D eigenvalue weighted by Crippen LogP contribution is 2.29. The summed E-state index contributed by atoms with van der Waals surface area (Å²) in [5.74, 6) is 0.301. The molecule has 3 rings (SSSR count). The number of carbonyl (C=O) groups excluding carboxylic acids is 1. The van der Waals surface area contributed by atoms with Crippen LogP contribution in [0.4, 0.5) is 5.69 Å². The monoisotopic (exact) mass is 452 g/mol. The van der Waals surface area contributed by atoms with E-state index in [1.54, 1.807) is 12.1 Å². The van der Waals surface area contributed by atoms with Crippen molar-refractivity contribution in [2.24, 2.45) is 0 Å². The molecule has 2 aliphatic rings. The van der Waals surface area contributed by atoms with Gasteiger partial charge in [0.25, 0.3) is 5.91 Å². The van der Waals surface area contributed by atoms with Crippen molar-refractivity contribution in [1.82, 2.24) is 15.1 Å². The van der Waals surface area contributed by atoms with Crippen LogP contribution < -0.4 is 15.8 Å². The minimum absolute atomic E-state index is 0. The number of hydrogen-bond acceptors (Lipinski definition) is 5. The second-order valence-electron chi connectivity index (χ2n) is 7.39. The van der Waals surface area contributed by atoms with Gasteiger partial charge in [0.1, 0.15) is 5.75 Å². The van der Waals surface area contributed by atoms with E-state index in [4.69, 9.17) is 22.1 Å². The zero-order valence-electron chi connectivity index (χ0n) is 16.4. The van der Waals surface area contributed by atoms with Crippen LogP contribution in [0.3, 0.4) is 0 Å². The minimum atomic E-state index is -0.151. The van der Waals surface area contributed by atoms with Gasteiger partial charge in [0.15, 0.2) is 0 Å². The Morgan fingerprint density at radius 2 is 1.75 bits per heavy atom. The molecule has 1 amide bonds. The summed E-state index contributed by atoms with van der Waals surface area (Å²) in [7, 11) is 3.72. The topological polar surface area (TPSA) is 70.8 Å². The Kier molecular flexibility index (Phi) is 10.1. The van der Waals surface area contributed by atoms with Gasteiger partial charge >= 0.3 is 0 Å². The fourth-order valence-corrected chi connectivity index (χ4v) is 4.11. The molecule has 9 heteroatoms. The number of carbonyl (C=O) groups is 1. The van der Waals surface area contributed by atoms with Gasteiger partial charge in [-0.2, -0.15) is 0 Å². The first kappa shape index (κ1) is 25.1. The number of nitrogen functional groups attached to an aromatic ring is 1. The highest BCUT2D eigenvalue weighted by atomic mass is 35.5. The third-order valence-corrected chi connectivity index (χ3v) is 5.96. The predicted octanol–water partition coefficient (Wildman–Crippen LogP) is 3.06. The molecule has 0 unspecified atom stereocenters. The molecule has 1 aromatic rings. The molecule has 0 radical (unpaired) electrons. The summed E-state index contributed by atoms with van der Waals surface area (Å²) in [4.78, 5) is 17.7. The zero-order chi connectivity index (χ0) is 18.7. The van der Waals surface area contributed by atoms with E-state index in [1.165, 1.54) is 33.0 Å². The SMILES string of the molecule is COc1cc(N)c(Cl)cc1C(=O)NC1CCN(C2CCN(C)CC2)CC1.Cl.Cl. The fourth-order valence-electron chi connectivity index (χ4n) is 3.95. The average molecular weight is 454 g/mol. The summed E-state index contributed by atoms with van der Waals surface area (Å²) in [6, 6.07) is 4.06. The molecule has 2 heterocycles.